The molecule has 3 rings (SSSR count). The molecule has 156 valence electrons. The maximum atomic E-state index is 12.9. The summed E-state index contributed by atoms with van der Waals surface area (Å²) in [5.41, 5.74) is -0.436. The number of carbonyl (C=O) groups is 1. The highest BCUT2D eigenvalue weighted by molar-refractivity contribution is 7.89. The van der Waals surface area contributed by atoms with E-state index in [0.29, 0.717) is 16.8 Å². The Morgan fingerprint density at radius 2 is 1.69 bits per heavy atom. The first kappa shape index (κ1) is 21.6. The summed E-state index contributed by atoms with van der Waals surface area (Å²) in [6.07, 6.45) is -4.08. The van der Waals surface area contributed by atoms with Crippen molar-refractivity contribution in [2.75, 3.05) is 18.4 Å². The van der Waals surface area contributed by atoms with Crippen LogP contribution in [-0.4, -0.2) is 31.7 Å². The zero-order chi connectivity index (χ0) is 21.2. The van der Waals surface area contributed by atoms with Crippen LogP contribution in [0.2, 0.25) is 5.02 Å². The Hall–Kier alpha value is -2.10. The van der Waals surface area contributed by atoms with Crippen LogP contribution in [0, 0.1) is 5.92 Å². The summed E-state index contributed by atoms with van der Waals surface area (Å²) < 4.78 is 65.2. The Balaban J connectivity index is 1.65. The molecule has 1 aliphatic heterocycles. The summed E-state index contributed by atoms with van der Waals surface area (Å²) >= 11 is 5.80. The number of piperidine rings is 1. The Kier molecular flexibility index (Phi) is 6.21. The Bertz CT molecular complexity index is 987. The smallest absolute Gasteiger partial charge is 0.326 e. The van der Waals surface area contributed by atoms with Crippen LogP contribution >= 0.6 is 11.6 Å². The molecule has 29 heavy (non-hydrogen) atoms. The van der Waals surface area contributed by atoms with Gasteiger partial charge in [-0.15, -0.1) is 0 Å². The van der Waals surface area contributed by atoms with Gasteiger partial charge in [0.25, 0.3) is 0 Å². The van der Waals surface area contributed by atoms with Crippen LogP contribution in [0.15, 0.2) is 53.4 Å². The number of alkyl halides is 3. The Morgan fingerprint density at radius 1 is 1.07 bits per heavy atom. The van der Waals surface area contributed by atoms with Gasteiger partial charge >= 0.3 is 6.18 Å². The third-order valence-corrected chi connectivity index (χ3v) is 6.88. The van der Waals surface area contributed by atoms with Gasteiger partial charge in [0.15, 0.2) is 0 Å². The third-order valence-electron chi connectivity index (χ3n) is 4.74. The number of carbonyl (C=O) groups excluding carboxylic acids is 1. The monoisotopic (exact) mass is 446 g/mol. The largest absolute Gasteiger partial charge is 0.416 e. The van der Waals surface area contributed by atoms with Crippen molar-refractivity contribution >= 4 is 33.2 Å². The minimum Gasteiger partial charge on any atom is -0.326 e. The predicted octanol–water partition coefficient (Wildman–Crippen LogP) is 4.40. The van der Waals surface area contributed by atoms with E-state index in [-0.39, 0.29) is 31.8 Å². The van der Waals surface area contributed by atoms with E-state index in [9.17, 15) is 26.4 Å². The highest BCUT2D eigenvalue weighted by Gasteiger charge is 2.35. The maximum absolute atomic E-state index is 12.9. The summed E-state index contributed by atoms with van der Waals surface area (Å²) in [5.74, 6) is -0.623. The molecule has 1 N–H and O–H groups in total. The molecule has 0 aromatic heterocycles. The van der Waals surface area contributed by atoms with E-state index < -0.39 is 32.6 Å². The normalized spacial score (nSPS) is 16.6. The van der Waals surface area contributed by atoms with E-state index in [0.717, 1.165) is 22.5 Å². The molecule has 0 saturated carbocycles. The van der Waals surface area contributed by atoms with Crippen molar-refractivity contribution in [2.24, 2.45) is 5.92 Å². The molecule has 10 heteroatoms. The second-order valence-electron chi connectivity index (χ2n) is 6.70. The first-order valence-corrected chi connectivity index (χ1v) is 10.6. The number of hydrogen-bond donors (Lipinski definition) is 1. The predicted molar refractivity (Wildman–Crippen MR) is 103 cm³/mol. The lowest BCUT2D eigenvalue weighted by Gasteiger charge is -2.30. The standard InChI is InChI=1S/C19H18ClF3N2O3S/c20-15-4-6-16(7-5-15)24-18(26)13-8-10-25(11-9-13)29(27,28)17-3-1-2-14(12-17)19(21,22)23/h1-7,12-13H,8-11H2,(H,24,26). The molecular weight excluding hydrogens is 429 g/mol. The number of halogens is 4. The third kappa shape index (κ3) is 5.09. The van der Waals surface area contributed by atoms with E-state index in [4.69, 9.17) is 11.6 Å². The second kappa shape index (κ2) is 8.33. The SMILES string of the molecule is O=C(Nc1ccc(Cl)cc1)C1CCN(S(=O)(=O)c2cccc(C(F)(F)F)c2)CC1. The van der Waals surface area contributed by atoms with Crippen molar-refractivity contribution in [3.8, 4) is 0 Å². The zero-order valence-corrected chi connectivity index (χ0v) is 16.7. The maximum Gasteiger partial charge on any atom is 0.416 e. The number of benzene rings is 2. The molecule has 0 bridgehead atoms. The fraction of sp³-hybridized carbons (Fsp3) is 0.316. The number of sulfonamides is 1. The number of rotatable bonds is 4. The molecule has 0 atom stereocenters. The summed E-state index contributed by atoms with van der Waals surface area (Å²) in [6.45, 7) is 0.106. The van der Waals surface area contributed by atoms with E-state index in [1.807, 2.05) is 0 Å². The van der Waals surface area contributed by atoms with Gasteiger partial charge in [-0.2, -0.15) is 17.5 Å². The lowest BCUT2D eigenvalue weighted by atomic mass is 9.97. The lowest BCUT2D eigenvalue weighted by molar-refractivity contribution is -0.137. The average molecular weight is 447 g/mol. The van der Waals surface area contributed by atoms with Crippen LogP contribution in [0.5, 0.6) is 0 Å². The van der Waals surface area contributed by atoms with Gasteiger partial charge in [0.05, 0.1) is 10.5 Å². The molecule has 2 aromatic carbocycles. The minimum absolute atomic E-state index is 0.0529. The summed E-state index contributed by atoms with van der Waals surface area (Å²) in [7, 11) is -4.07. The van der Waals surface area contributed by atoms with Crippen molar-refractivity contribution in [3.05, 3.63) is 59.1 Å². The number of nitrogens with zero attached hydrogens (tertiary/aromatic N) is 1. The van der Waals surface area contributed by atoms with Gasteiger partial charge in [0.2, 0.25) is 15.9 Å². The number of amides is 1. The van der Waals surface area contributed by atoms with E-state index >= 15 is 0 Å². The van der Waals surface area contributed by atoms with Crippen molar-refractivity contribution < 1.29 is 26.4 Å². The van der Waals surface area contributed by atoms with Crippen LogP contribution in [-0.2, 0) is 21.0 Å². The molecule has 1 saturated heterocycles. The molecule has 0 aliphatic carbocycles. The molecule has 0 spiro atoms. The molecular formula is C19H18ClF3N2O3S. The fourth-order valence-electron chi connectivity index (χ4n) is 3.12. The molecule has 2 aromatic rings. The van der Waals surface area contributed by atoms with Crippen molar-refractivity contribution in [3.63, 3.8) is 0 Å². The highest BCUT2D eigenvalue weighted by Crippen LogP contribution is 2.32. The van der Waals surface area contributed by atoms with Gasteiger partial charge in [0, 0.05) is 29.7 Å². The molecule has 1 heterocycles. The first-order valence-electron chi connectivity index (χ1n) is 8.81. The topological polar surface area (TPSA) is 66.5 Å². The van der Waals surface area contributed by atoms with Crippen LogP contribution in [0.25, 0.3) is 0 Å². The Labute approximate surface area is 171 Å². The van der Waals surface area contributed by atoms with Gasteiger partial charge in [0.1, 0.15) is 0 Å². The van der Waals surface area contributed by atoms with E-state index in [1.54, 1.807) is 24.3 Å². The molecule has 0 radical (unpaired) electrons. The van der Waals surface area contributed by atoms with Gasteiger partial charge in [-0.25, -0.2) is 8.42 Å². The van der Waals surface area contributed by atoms with E-state index in [2.05, 4.69) is 5.32 Å². The number of anilines is 1. The fourth-order valence-corrected chi connectivity index (χ4v) is 4.76. The van der Waals surface area contributed by atoms with Crippen molar-refractivity contribution in [2.45, 2.75) is 23.9 Å². The van der Waals surface area contributed by atoms with Crippen LogP contribution in [0.4, 0.5) is 18.9 Å². The number of hydrogen-bond acceptors (Lipinski definition) is 3. The highest BCUT2D eigenvalue weighted by atomic mass is 35.5. The molecule has 1 aliphatic rings. The van der Waals surface area contributed by atoms with Crippen LogP contribution < -0.4 is 5.32 Å². The summed E-state index contributed by atoms with van der Waals surface area (Å²) in [5, 5.41) is 3.30. The molecule has 1 fully saturated rings. The van der Waals surface area contributed by atoms with Gasteiger partial charge in [-0.05, 0) is 55.3 Å². The number of nitrogens with one attached hydrogen (secondary N) is 1. The first-order chi connectivity index (χ1) is 13.6. The van der Waals surface area contributed by atoms with Gasteiger partial charge < -0.3 is 5.32 Å². The molecule has 1 amide bonds. The zero-order valence-electron chi connectivity index (χ0n) is 15.1. The van der Waals surface area contributed by atoms with Gasteiger partial charge in [-0.1, -0.05) is 17.7 Å². The van der Waals surface area contributed by atoms with Crippen molar-refractivity contribution in [1.29, 1.82) is 0 Å². The summed E-state index contributed by atoms with van der Waals surface area (Å²) in [4.78, 5) is 12.0. The lowest BCUT2D eigenvalue weighted by Crippen LogP contribution is -2.41. The van der Waals surface area contributed by atoms with Crippen LogP contribution in [0.1, 0.15) is 18.4 Å². The second-order valence-corrected chi connectivity index (χ2v) is 9.07. The van der Waals surface area contributed by atoms with Crippen molar-refractivity contribution in [1.82, 2.24) is 4.31 Å². The average Bonchev–Trinajstić information content (AvgIpc) is 2.69. The van der Waals surface area contributed by atoms with Crippen LogP contribution in [0.3, 0.4) is 0 Å². The summed E-state index contributed by atoms with van der Waals surface area (Å²) in [6, 6.07) is 10.3. The Morgan fingerprint density at radius 3 is 2.28 bits per heavy atom. The molecule has 0 unspecified atom stereocenters. The quantitative estimate of drug-likeness (QED) is 0.757. The van der Waals surface area contributed by atoms with E-state index in [1.165, 1.54) is 0 Å². The minimum atomic E-state index is -4.63. The van der Waals surface area contributed by atoms with Gasteiger partial charge in [-0.3, -0.25) is 4.79 Å². The molecule has 5 nitrogen and oxygen atoms in total.